The zero-order valence-corrected chi connectivity index (χ0v) is 12.5. The number of hydrogen-bond acceptors (Lipinski definition) is 2. The third-order valence-electron chi connectivity index (χ3n) is 3.42. The molecule has 0 unspecified atom stereocenters. The third kappa shape index (κ3) is 3.97. The number of rotatable bonds is 4. The second-order valence-electron chi connectivity index (χ2n) is 6.20. The minimum Gasteiger partial charge on any atom is -0.394 e. The Morgan fingerprint density at radius 2 is 1.57 bits per heavy atom. The molecule has 0 aromatic heterocycles. The van der Waals surface area contributed by atoms with Crippen molar-refractivity contribution in [2.45, 2.75) is 44.8 Å². The topological polar surface area (TPSA) is 49.3 Å². The van der Waals surface area contributed by atoms with E-state index in [4.69, 9.17) is 5.11 Å². The molecule has 0 aliphatic heterocycles. The predicted octanol–water partition coefficient (Wildman–Crippen LogP) is 3.03. The van der Waals surface area contributed by atoms with Gasteiger partial charge in [0.05, 0.1) is 17.6 Å². The van der Waals surface area contributed by atoms with Gasteiger partial charge in [0.25, 0.3) is 5.91 Å². The molecule has 0 radical (unpaired) electrons. The molecule has 1 aromatic carbocycles. The molecule has 0 spiro atoms. The van der Waals surface area contributed by atoms with Crippen molar-refractivity contribution in [3.8, 4) is 0 Å². The second-order valence-corrected chi connectivity index (χ2v) is 6.20. The highest BCUT2D eigenvalue weighted by Crippen LogP contribution is 2.40. The quantitative estimate of drug-likeness (QED) is 0.898. The highest BCUT2D eigenvalue weighted by Gasteiger charge is 2.48. The van der Waals surface area contributed by atoms with E-state index in [2.05, 4.69) is 5.32 Å². The number of benzene rings is 1. The van der Waals surface area contributed by atoms with Crippen LogP contribution in [0.25, 0.3) is 0 Å². The van der Waals surface area contributed by atoms with Crippen molar-refractivity contribution in [1.29, 1.82) is 0 Å². The van der Waals surface area contributed by atoms with E-state index in [0.29, 0.717) is 0 Å². The van der Waals surface area contributed by atoms with Gasteiger partial charge in [0.15, 0.2) is 0 Å². The van der Waals surface area contributed by atoms with Gasteiger partial charge in [-0.25, -0.2) is 0 Å². The number of alkyl halides is 3. The Morgan fingerprint density at radius 1 is 1.10 bits per heavy atom. The predicted molar refractivity (Wildman–Crippen MR) is 74.2 cm³/mol. The van der Waals surface area contributed by atoms with Crippen LogP contribution in [0.1, 0.15) is 43.6 Å². The van der Waals surface area contributed by atoms with Crippen molar-refractivity contribution in [3.05, 3.63) is 35.4 Å². The number of aliphatic hydroxyl groups is 1. The van der Waals surface area contributed by atoms with Gasteiger partial charge in [0, 0.05) is 5.56 Å². The van der Waals surface area contributed by atoms with Gasteiger partial charge < -0.3 is 10.4 Å². The minimum atomic E-state index is -4.37. The summed E-state index contributed by atoms with van der Waals surface area (Å²) in [6.45, 7) is 5.24. The summed E-state index contributed by atoms with van der Waals surface area (Å²) in [5, 5.41) is 11.7. The molecule has 0 aliphatic rings. The fraction of sp³-hybridized carbons (Fsp3) is 0.533. The molecular weight excluding hydrogens is 283 g/mol. The number of nitrogens with one attached hydrogen (secondary N) is 1. The normalized spacial score (nSPS) is 13.1. The average Bonchev–Trinajstić information content (AvgIpc) is 2.37. The molecule has 0 saturated heterocycles. The lowest BCUT2D eigenvalue weighted by molar-refractivity contribution is -0.180. The first-order chi connectivity index (χ1) is 9.40. The van der Waals surface area contributed by atoms with Crippen molar-refractivity contribution in [2.75, 3.05) is 6.61 Å². The van der Waals surface area contributed by atoms with E-state index in [1.165, 1.54) is 24.3 Å². The number of aliphatic hydroxyl groups excluding tert-OH is 1. The summed E-state index contributed by atoms with van der Waals surface area (Å²) in [6, 6.07) is 5.31. The molecule has 3 nitrogen and oxygen atoms in total. The Kier molecular flexibility index (Phi) is 4.73. The van der Waals surface area contributed by atoms with Crippen LogP contribution >= 0.6 is 0 Å². The van der Waals surface area contributed by atoms with Crippen molar-refractivity contribution in [3.63, 3.8) is 0 Å². The molecular formula is C15H20F3NO2. The number of amides is 1. The molecule has 0 heterocycles. The first kappa shape index (κ1) is 17.5. The summed E-state index contributed by atoms with van der Waals surface area (Å²) in [7, 11) is 0. The van der Waals surface area contributed by atoms with E-state index < -0.39 is 23.0 Å². The molecule has 0 fully saturated rings. The number of hydrogen-bond donors (Lipinski definition) is 2. The molecule has 0 atom stereocenters. The Hall–Kier alpha value is -1.56. The van der Waals surface area contributed by atoms with Crippen molar-refractivity contribution >= 4 is 5.91 Å². The van der Waals surface area contributed by atoms with E-state index in [9.17, 15) is 18.0 Å². The molecule has 1 aromatic rings. The Labute approximate surface area is 122 Å². The van der Waals surface area contributed by atoms with Crippen LogP contribution in [-0.4, -0.2) is 29.3 Å². The molecule has 1 amide bonds. The zero-order valence-electron chi connectivity index (χ0n) is 12.5. The van der Waals surface area contributed by atoms with Gasteiger partial charge in [-0.3, -0.25) is 4.79 Å². The van der Waals surface area contributed by atoms with Gasteiger partial charge in [0.2, 0.25) is 0 Å². The van der Waals surface area contributed by atoms with E-state index in [0.717, 1.165) is 13.8 Å². The highest BCUT2D eigenvalue weighted by molar-refractivity contribution is 5.94. The van der Waals surface area contributed by atoms with Crippen LogP contribution in [0, 0.1) is 0 Å². The molecule has 118 valence electrons. The van der Waals surface area contributed by atoms with E-state index in [1.807, 2.05) is 0 Å². The average molecular weight is 303 g/mol. The summed E-state index contributed by atoms with van der Waals surface area (Å²) in [6.07, 6.45) is -4.37. The van der Waals surface area contributed by atoms with Crippen LogP contribution in [0.4, 0.5) is 13.2 Å². The number of carbonyl (C=O) groups is 1. The van der Waals surface area contributed by atoms with Crippen LogP contribution in [0.3, 0.4) is 0 Å². The molecule has 2 N–H and O–H groups in total. The highest BCUT2D eigenvalue weighted by atomic mass is 19.4. The van der Waals surface area contributed by atoms with Gasteiger partial charge in [0.1, 0.15) is 0 Å². The van der Waals surface area contributed by atoms with E-state index in [-0.39, 0.29) is 17.7 Å². The smallest absolute Gasteiger partial charge is 0.394 e. The molecule has 0 bridgehead atoms. The summed E-state index contributed by atoms with van der Waals surface area (Å²) in [5.74, 6) is -0.439. The van der Waals surface area contributed by atoms with Gasteiger partial charge in [-0.2, -0.15) is 13.2 Å². The van der Waals surface area contributed by atoms with Gasteiger partial charge in [-0.1, -0.05) is 12.1 Å². The SMILES string of the molecule is CC(C)(CO)NC(=O)c1ccc(C(C)(C)C(F)(F)F)cc1. The first-order valence-corrected chi connectivity index (χ1v) is 6.51. The molecule has 6 heteroatoms. The maximum atomic E-state index is 12.9. The van der Waals surface area contributed by atoms with Crippen LogP contribution < -0.4 is 5.32 Å². The number of halogens is 3. The monoisotopic (exact) mass is 303 g/mol. The third-order valence-corrected chi connectivity index (χ3v) is 3.42. The van der Waals surface area contributed by atoms with Crippen LogP contribution in [-0.2, 0) is 5.41 Å². The lowest BCUT2D eigenvalue weighted by atomic mass is 9.83. The Balaban J connectivity index is 2.96. The Bertz CT molecular complexity index is 505. The van der Waals surface area contributed by atoms with Crippen molar-refractivity contribution < 1.29 is 23.1 Å². The van der Waals surface area contributed by atoms with Gasteiger partial charge >= 0.3 is 6.18 Å². The van der Waals surface area contributed by atoms with Crippen LogP contribution in [0.2, 0.25) is 0 Å². The maximum Gasteiger partial charge on any atom is 0.397 e. The summed E-state index contributed by atoms with van der Waals surface area (Å²) >= 11 is 0. The van der Waals surface area contributed by atoms with Crippen LogP contribution in [0.5, 0.6) is 0 Å². The Morgan fingerprint density at radius 3 is 1.95 bits per heavy atom. The van der Waals surface area contributed by atoms with Gasteiger partial charge in [-0.15, -0.1) is 0 Å². The molecule has 0 saturated carbocycles. The second kappa shape index (κ2) is 5.67. The lowest BCUT2D eigenvalue weighted by Gasteiger charge is -2.28. The minimum absolute atomic E-state index is 0.0907. The summed E-state index contributed by atoms with van der Waals surface area (Å²) in [4.78, 5) is 11.9. The largest absolute Gasteiger partial charge is 0.397 e. The van der Waals surface area contributed by atoms with Crippen molar-refractivity contribution in [2.24, 2.45) is 0 Å². The standard InChI is InChI=1S/C15H20F3NO2/c1-13(2,9-20)19-12(21)10-5-7-11(8-6-10)14(3,4)15(16,17)18/h5-8,20H,9H2,1-4H3,(H,19,21). The van der Waals surface area contributed by atoms with Crippen molar-refractivity contribution in [1.82, 2.24) is 5.32 Å². The fourth-order valence-electron chi connectivity index (χ4n) is 1.62. The molecule has 1 rings (SSSR count). The van der Waals surface area contributed by atoms with E-state index in [1.54, 1.807) is 13.8 Å². The zero-order chi connectivity index (χ0) is 16.5. The fourth-order valence-corrected chi connectivity index (χ4v) is 1.62. The molecule has 0 aliphatic carbocycles. The summed E-state index contributed by atoms with van der Waals surface area (Å²) in [5.41, 5.74) is -2.43. The van der Waals surface area contributed by atoms with Gasteiger partial charge in [-0.05, 0) is 45.4 Å². The lowest BCUT2D eigenvalue weighted by Crippen LogP contribution is -2.46. The summed E-state index contributed by atoms with van der Waals surface area (Å²) < 4.78 is 38.8. The van der Waals surface area contributed by atoms with Crippen LogP contribution in [0.15, 0.2) is 24.3 Å². The first-order valence-electron chi connectivity index (χ1n) is 6.51. The molecule has 21 heavy (non-hydrogen) atoms. The van der Waals surface area contributed by atoms with E-state index >= 15 is 0 Å². The maximum absolute atomic E-state index is 12.9. The number of carbonyl (C=O) groups excluding carboxylic acids is 1.